The molecular weight excluding hydrogens is 620 g/mol. The number of allylic oxidation sites excluding steroid dienone is 1. The molecule has 5 nitrogen and oxygen atoms in total. The summed E-state index contributed by atoms with van der Waals surface area (Å²) in [7, 11) is 0. The topological polar surface area (TPSA) is 89.0 Å². The van der Waals surface area contributed by atoms with E-state index in [0.717, 1.165) is 12.4 Å². The third-order valence-electron chi connectivity index (χ3n) is 4.78. The maximum absolute atomic E-state index is 14.4. The van der Waals surface area contributed by atoms with Gasteiger partial charge in [0.15, 0.2) is 0 Å². The molecule has 0 radical (unpaired) electrons. The lowest BCUT2D eigenvalue weighted by Gasteiger charge is -2.30. The summed E-state index contributed by atoms with van der Waals surface area (Å²) >= 11 is 14.7. The lowest BCUT2D eigenvalue weighted by Crippen LogP contribution is -2.50. The molecule has 0 aliphatic carbocycles. The third-order valence-corrected chi connectivity index (χ3v) is 6.04. The number of benzene rings is 2. The van der Waals surface area contributed by atoms with Gasteiger partial charge in [-0.1, -0.05) is 29.3 Å². The van der Waals surface area contributed by atoms with Crippen molar-refractivity contribution in [2.45, 2.75) is 31.0 Å². The fourth-order valence-corrected chi connectivity index (χ4v) is 4.05. The maximum atomic E-state index is 14.4. The molecule has 2 aromatic carbocycles. The average Bonchev–Trinajstić information content (AvgIpc) is 2.78. The average molecular weight is 633 g/mol. The summed E-state index contributed by atoms with van der Waals surface area (Å²) in [4.78, 5) is 15.5. The fraction of sp³-hybridized carbons (Fsp3) is 0.227. The molecule has 0 aliphatic heterocycles. The van der Waals surface area contributed by atoms with Gasteiger partial charge in [0, 0.05) is 27.8 Å². The van der Waals surface area contributed by atoms with Gasteiger partial charge in [0.05, 0.1) is 16.8 Å². The SMILES string of the molecule is N#CCC(=O)NCc1cc(C(C=Nc2c(Cl)cc(C(F)(C(F)(F)F)C(F)(F)F)cc2Br)=C[NH-])ccc1Cl. The van der Waals surface area contributed by atoms with Gasteiger partial charge in [-0.25, -0.2) is 4.39 Å². The van der Waals surface area contributed by atoms with Crippen molar-refractivity contribution in [3.8, 4) is 6.07 Å². The number of hydrogen-bond acceptors (Lipinski definition) is 3. The van der Waals surface area contributed by atoms with E-state index in [1.165, 1.54) is 18.2 Å². The number of nitrogens with zero attached hydrogens (tertiary/aromatic N) is 2. The molecule has 0 unspecified atom stereocenters. The number of hydrogen-bond donors (Lipinski definition) is 1. The van der Waals surface area contributed by atoms with Crippen molar-refractivity contribution in [3.63, 3.8) is 0 Å². The highest BCUT2D eigenvalue weighted by Gasteiger charge is 2.73. The quantitative estimate of drug-likeness (QED) is 0.245. The summed E-state index contributed by atoms with van der Waals surface area (Å²) in [6.07, 6.45) is -11.1. The van der Waals surface area contributed by atoms with Gasteiger partial charge >= 0.3 is 18.0 Å². The van der Waals surface area contributed by atoms with E-state index < -0.39 is 39.0 Å². The van der Waals surface area contributed by atoms with Crippen LogP contribution in [0.25, 0.3) is 11.3 Å². The highest BCUT2D eigenvalue weighted by Crippen LogP contribution is 2.54. The molecule has 37 heavy (non-hydrogen) atoms. The molecule has 15 heteroatoms. The van der Waals surface area contributed by atoms with Crippen LogP contribution in [-0.4, -0.2) is 24.5 Å². The zero-order valence-electron chi connectivity index (χ0n) is 18.0. The Morgan fingerprint density at radius 3 is 2.22 bits per heavy atom. The highest BCUT2D eigenvalue weighted by molar-refractivity contribution is 9.10. The predicted molar refractivity (Wildman–Crippen MR) is 128 cm³/mol. The van der Waals surface area contributed by atoms with Crippen LogP contribution >= 0.6 is 39.1 Å². The summed E-state index contributed by atoms with van der Waals surface area (Å²) < 4.78 is 92.4. The molecule has 0 spiro atoms. The Hall–Kier alpha value is -2.82. The second-order valence-corrected chi connectivity index (χ2v) is 8.89. The van der Waals surface area contributed by atoms with Crippen LogP contribution in [0, 0.1) is 11.3 Å². The number of alkyl halides is 7. The molecule has 0 aliphatic rings. The highest BCUT2D eigenvalue weighted by atomic mass is 79.9. The normalized spacial score (nSPS) is 13.1. The molecule has 0 heterocycles. The number of nitrogens with one attached hydrogen (secondary N) is 2. The van der Waals surface area contributed by atoms with Crippen molar-refractivity contribution < 1.29 is 35.5 Å². The number of halogens is 10. The summed E-state index contributed by atoms with van der Waals surface area (Å²) in [6.45, 7) is -0.0438. The van der Waals surface area contributed by atoms with Gasteiger partial charge < -0.3 is 11.1 Å². The van der Waals surface area contributed by atoms with E-state index in [2.05, 4.69) is 26.2 Å². The van der Waals surface area contributed by atoms with Gasteiger partial charge in [-0.15, -0.1) is 0 Å². The van der Waals surface area contributed by atoms with Crippen molar-refractivity contribution in [1.29, 1.82) is 5.26 Å². The molecule has 1 amide bonds. The van der Waals surface area contributed by atoms with Gasteiger partial charge in [0.2, 0.25) is 5.91 Å². The molecule has 0 bridgehead atoms. The summed E-state index contributed by atoms with van der Waals surface area (Å²) in [5, 5.41) is 10.6. The lowest BCUT2D eigenvalue weighted by atomic mass is 9.94. The summed E-state index contributed by atoms with van der Waals surface area (Å²) in [6, 6.07) is 6.56. The number of aliphatic imine (C=N–C) groups is 1. The van der Waals surface area contributed by atoms with Crippen LogP contribution in [0.4, 0.5) is 36.4 Å². The van der Waals surface area contributed by atoms with Crippen LogP contribution in [0.5, 0.6) is 0 Å². The number of amides is 1. The molecule has 0 atom stereocenters. The minimum absolute atomic E-state index is 0.0438. The monoisotopic (exact) mass is 631 g/mol. The van der Waals surface area contributed by atoms with E-state index in [0.29, 0.717) is 11.1 Å². The van der Waals surface area contributed by atoms with Crippen LogP contribution in [0.15, 0.2) is 46.0 Å². The second kappa shape index (κ2) is 11.7. The number of rotatable bonds is 7. The molecule has 0 fully saturated rings. The zero-order chi connectivity index (χ0) is 28.2. The van der Waals surface area contributed by atoms with E-state index in [9.17, 15) is 35.5 Å². The van der Waals surface area contributed by atoms with E-state index >= 15 is 0 Å². The van der Waals surface area contributed by atoms with Gasteiger partial charge in [0.1, 0.15) is 6.42 Å². The molecule has 2 N–H and O–H groups in total. The van der Waals surface area contributed by atoms with Gasteiger partial charge in [-0.3, -0.25) is 9.79 Å². The van der Waals surface area contributed by atoms with Crippen molar-refractivity contribution in [1.82, 2.24) is 5.32 Å². The van der Waals surface area contributed by atoms with Crippen LogP contribution in [-0.2, 0) is 17.0 Å². The minimum atomic E-state index is -6.32. The first-order valence-corrected chi connectivity index (χ1v) is 11.3. The number of nitriles is 1. The zero-order valence-corrected chi connectivity index (χ0v) is 21.1. The molecule has 0 saturated carbocycles. The van der Waals surface area contributed by atoms with Crippen LogP contribution in [0.1, 0.15) is 23.1 Å². The Bertz CT molecular complexity index is 1250. The molecular formula is C22H13BrCl2F7N4O-. The third kappa shape index (κ3) is 6.74. The second-order valence-electron chi connectivity index (χ2n) is 7.22. The van der Waals surface area contributed by atoms with Crippen molar-refractivity contribution in [2.24, 2.45) is 4.99 Å². The first-order chi connectivity index (χ1) is 17.1. The standard InChI is InChI=1S/C22H14BrCl2F7N4O/c23-15-6-14(20(26,21(27,28)29)22(30,31)32)7-17(25)19(15)36-10-13(8-34)11-1-2-16(24)12(5-11)9-35-18(37)3-4-33/h1-2,5-8,10H,3,9H2,(H3,34,35,36,37)/p-1. The Balaban J connectivity index is 2.42. The first-order valence-electron chi connectivity index (χ1n) is 9.72. The van der Waals surface area contributed by atoms with Gasteiger partial charge in [-0.2, -0.15) is 37.8 Å². The predicted octanol–water partition coefficient (Wildman–Crippen LogP) is 8.37. The van der Waals surface area contributed by atoms with E-state index in [-0.39, 0.29) is 41.4 Å². The first kappa shape index (κ1) is 30.4. The lowest BCUT2D eigenvalue weighted by molar-refractivity contribution is -0.348. The van der Waals surface area contributed by atoms with Crippen LogP contribution in [0.3, 0.4) is 0 Å². The van der Waals surface area contributed by atoms with E-state index in [4.69, 9.17) is 34.2 Å². The summed E-state index contributed by atoms with van der Waals surface area (Å²) in [5.74, 6) is -0.543. The number of carbonyl (C=O) groups excluding carboxylic acids is 1. The van der Waals surface area contributed by atoms with E-state index in [1.54, 1.807) is 6.07 Å². The van der Waals surface area contributed by atoms with Gasteiger partial charge in [-0.05, 0) is 56.9 Å². The van der Waals surface area contributed by atoms with Crippen molar-refractivity contribution >= 4 is 62.5 Å². The minimum Gasteiger partial charge on any atom is -0.704 e. The largest absolute Gasteiger partial charge is 0.704 e. The summed E-state index contributed by atoms with van der Waals surface area (Å²) in [5.41, 5.74) is 0.725. The number of carbonyl (C=O) groups is 1. The Morgan fingerprint density at radius 2 is 1.70 bits per heavy atom. The van der Waals surface area contributed by atoms with Crippen molar-refractivity contribution in [3.05, 3.63) is 73.5 Å². The molecule has 2 rings (SSSR count). The molecule has 2 aromatic rings. The fourth-order valence-electron chi connectivity index (χ4n) is 2.92. The molecule has 0 saturated heterocycles. The smallest absolute Gasteiger partial charge is 0.435 e. The molecule has 198 valence electrons. The molecule has 0 aromatic heterocycles. The van der Waals surface area contributed by atoms with Gasteiger partial charge in [0.25, 0.3) is 0 Å². The maximum Gasteiger partial charge on any atom is 0.435 e. The Labute approximate surface area is 223 Å². The van der Waals surface area contributed by atoms with Crippen LogP contribution in [0.2, 0.25) is 10.0 Å². The van der Waals surface area contributed by atoms with Crippen LogP contribution < -0.4 is 5.32 Å². The Kier molecular flexibility index (Phi) is 9.62. The Morgan fingerprint density at radius 1 is 1.08 bits per heavy atom. The van der Waals surface area contributed by atoms with E-state index in [1.807, 2.05) is 0 Å². The van der Waals surface area contributed by atoms with Crippen molar-refractivity contribution in [2.75, 3.05) is 0 Å².